The third-order valence-corrected chi connectivity index (χ3v) is 5.73. The number of hydrogen-bond acceptors (Lipinski definition) is 5. The van der Waals surface area contributed by atoms with Gasteiger partial charge in [-0.05, 0) is 51.5 Å². The van der Waals surface area contributed by atoms with Gasteiger partial charge in [0.25, 0.3) is 5.91 Å². The van der Waals surface area contributed by atoms with Crippen LogP contribution in [-0.4, -0.2) is 37.0 Å². The molecular formula is C21H24N6OS. The van der Waals surface area contributed by atoms with E-state index < -0.39 is 0 Å². The van der Waals surface area contributed by atoms with Crippen LogP contribution >= 0.6 is 11.3 Å². The summed E-state index contributed by atoms with van der Waals surface area (Å²) in [5.41, 5.74) is 2.16. The van der Waals surface area contributed by atoms with Crippen molar-refractivity contribution in [1.29, 1.82) is 0 Å². The van der Waals surface area contributed by atoms with E-state index in [0.717, 1.165) is 34.6 Å². The number of rotatable bonds is 7. The first-order valence-corrected chi connectivity index (χ1v) is 10.6. The van der Waals surface area contributed by atoms with Crippen molar-refractivity contribution in [2.45, 2.75) is 39.8 Å². The molecule has 4 heterocycles. The number of nitrogens with one attached hydrogen (secondary N) is 1. The number of carbonyl (C=O) groups excluding carboxylic acids is 1. The summed E-state index contributed by atoms with van der Waals surface area (Å²) in [7, 11) is 0. The quantitative estimate of drug-likeness (QED) is 0.468. The lowest BCUT2D eigenvalue weighted by Gasteiger charge is -2.10. The van der Waals surface area contributed by atoms with Gasteiger partial charge < -0.3 is 5.32 Å². The van der Waals surface area contributed by atoms with Crippen LogP contribution in [-0.2, 0) is 6.54 Å². The van der Waals surface area contributed by atoms with Gasteiger partial charge in [-0.2, -0.15) is 10.2 Å². The van der Waals surface area contributed by atoms with Gasteiger partial charge >= 0.3 is 0 Å². The summed E-state index contributed by atoms with van der Waals surface area (Å²) in [6.07, 6.45) is 6.23. The second-order valence-corrected chi connectivity index (χ2v) is 8.55. The van der Waals surface area contributed by atoms with Crippen LogP contribution < -0.4 is 5.32 Å². The molecule has 0 saturated heterocycles. The minimum atomic E-state index is -0.101. The molecule has 4 aromatic heterocycles. The molecule has 0 atom stereocenters. The summed E-state index contributed by atoms with van der Waals surface area (Å²) in [6, 6.07) is 8.05. The molecule has 1 N–H and O–H groups in total. The number of pyridine rings is 1. The SMILES string of the molecule is Cc1ccc(-c2cc(C(=O)NCCCn3cccn3)c3cnn(C(C)C)c3n2)s1. The van der Waals surface area contributed by atoms with Crippen LogP contribution in [0.3, 0.4) is 0 Å². The fraction of sp³-hybridized carbons (Fsp3) is 0.333. The highest BCUT2D eigenvalue weighted by Crippen LogP contribution is 2.30. The van der Waals surface area contributed by atoms with Crippen molar-refractivity contribution in [3.05, 3.63) is 53.3 Å². The summed E-state index contributed by atoms with van der Waals surface area (Å²) in [5, 5.41) is 12.5. The van der Waals surface area contributed by atoms with Crippen molar-refractivity contribution in [1.82, 2.24) is 29.9 Å². The maximum atomic E-state index is 13.0. The van der Waals surface area contributed by atoms with Crippen LogP contribution in [0.4, 0.5) is 0 Å². The normalized spacial score (nSPS) is 11.4. The van der Waals surface area contributed by atoms with Crippen LogP contribution in [0, 0.1) is 6.92 Å². The number of hydrogen-bond donors (Lipinski definition) is 1. The van der Waals surface area contributed by atoms with Crippen molar-refractivity contribution in [3.8, 4) is 10.6 Å². The first-order chi connectivity index (χ1) is 14.0. The van der Waals surface area contributed by atoms with Gasteiger partial charge in [0.1, 0.15) is 0 Å². The highest BCUT2D eigenvalue weighted by molar-refractivity contribution is 7.15. The summed E-state index contributed by atoms with van der Waals surface area (Å²) < 4.78 is 3.73. The van der Waals surface area contributed by atoms with Gasteiger partial charge in [-0.3, -0.25) is 9.48 Å². The second-order valence-electron chi connectivity index (χ2n) is 7.26. The highest BCUT2D eigenvalue weighted by Gasteiger charge is 2.18. The van der Waals surface area contributed by atoms with Crippen LogP contribution in [0.25, 0.3) is 21.6 Å². The minimum Gasteiger partial charge on any atom is -0.352 e. The van der Waals surface area contributed by atoms with E-state index in [9.17, 15) is 4.79 Å². The molecule has 150 valence electrons. The summed E-state index contributed by atoms with van der Waals surface area (Å²) in [4.78, 5) is 20.1. The predicted molar refractivity (Wildman–Crippen MR) is 115 cm³/mol. The Hall–Kier alpha value is -3.00. The Balaban J connectivity index is 1.62. The summed E-state index contributed by atoms with van der Waals surface area (Å²) >= 11 is 1.67. The minimum absolute atomic E-state index is 0.101. The number of carbonyl (C=O) groups is 1. The number of fused-ring (bicyclic) bond motifs is 1. The lowest BCUT2D eigenvalue weighted by molar-refractivity contribution is 0.0954. The van der Waals surface area contributed by atoms with E-state index in [1.165, 1.54) is 4.88 Å². The number of aromatic nitrogens is 5. The smallest absolute Gasteiger partial charge is 0.252 e. The Morgan fingerprint density at radius 2 is 2.14 bits per heavy atom. The van der Waals surface area contributed by atoms with E-state index >= 15 is 0 Å². The third-order valence-electron chi connectivity index (χ3n) is 4.70. The molecule has 8 heteroatoms. The predicted octanol–water partition coefficient (Wildman–Crippen LogP) is 4.07. The number of aryl methyl sites for hydroxylation is 2. The Morgan fingerprint density at radius 1 is 1.28 bits per heavy atom. The molecule has 4 aromatic rings. The molecule has 7 nitrogen and oxygen atoms in total. The maximum absolute atomic E-state index is 13.0. The van der Waals surface area contributed by atoms with Crippen LogP contribution in [0.15, 0.2) is 42.9 Å². The number of thiophene rings is 1. The zero-order chi connectivity index (χ0) is 20.4. The van der Waals surface area contributed by atoms with Gasteiger partial charge in [0.2, 0.25) is 0 Å². The molecule has 29 heavy (non-hydrogen) atoms. The maximum Gasteiger partial charge on any atom is 0.252 e. The molecule has 0 saturated carbocycles. The second kappa shape index (κ2) is 8.16. The largest absolute Gasteiger partial charge is 0.352 e. The highest BCUT2D eigenvalue weighted by atomic mass is 32.1. The van der Waals surface area contributed by atoms with E-state index in [1.54, 1.807) is 23.7 Å². The molecule has 0 aromatic carbocycles. The molecular weight excluding hydrogens is 384 g/mol. The fourth-order valence-corrected chi connectivity index (χ4v) is 4.08. The summed E-state index contributed by atoms with van der Waals surface area (Å²) in [6.45, 7) is 7.53. The van der Waals surface area contributed by atoms with Gasteiger partial charge in [0, 0.05) is 36.4 Å². The average Bonchev–Trinajstić information content (AvgIpc) is 3.44. The topological polar surface area (TPSA) is 77.6 Å². The lowest BCUT2D eigenvalue weighted by Crippen LogP contribution is -2.25. The first kappa shape index (κ1) is 19.3. The number of nitrogens with zero attached hydrogens (tertiary/aromatic N) is 5. The Kier molecular flexibility index (Phi) is 5.44. The zero-order valence-electron chi connectivity index (χ0n) is 16.8. The molecule has 0 fully saturated rings. The van der Waals surface area contributed by atoms with E-state index in [-0.39, 0.29) is 11.9 Å². The lowest BCUT2D eigenvalue weighted by atomic mass is 10.1. The molecule has 0 aliphatic rings. The molecule has 0 unspecified atom stereocenters. The molecule has 0 bridgehead atoms. The molecule has 1 amide bonds. The molecule has 0 aliphatic heterocycles. The van der Waals surface area contributed by atoms with Gasteiger partial charge in [-0.25, -0.2) is 9.67 Å². The summed E-state index contributed by atoms with van der Waals surface area (Å²) in [5.74, 6) is -0.101. The van der Waals surface area contributed by atoms with Gasteiger partial charge in [-0.1, -0.05) is 0 Å². The van der Waals surface area contributed by atoms with Gasteiger partial charge in [-0.15, -0.1) is 11.3 Å². The van der Waals surface area contributed by atoms with E-state index in [1.807, 2.05) is 27.7 Å². The van der Waals surface area contributed by atoms with E-state index in [4.69, 9.17) is 4.98 Å². The van der Waals surface area contributed by atoms with Gasteiger partial charge in [0.15, 0.2) is 5.65 Å². The number of amides is 1. The van der Waals surface area contributed by atoms with Crippen molar-refractivity contribution in [2.24, 2.45) is 0 Å². The van der Waals surface area contributed by atoms with E-state index in [2.05, 4.69) is 48.4 Å². The monoisotopic (exact) mass is 408 g/mol. The van der Waals surface area contributed by atoms with Crippen LogP contribution in [0.1, 0.15) is 41.5 Å². The van der Waals surface area contributed by atoms with Gasteiger partial charge in [0.05, 0.1) is 27.7 Å². The molecule has 0 spiro atoms. The molecule has 0 aliphatic carbocycles. The van der Waals surface area contributed by atoms with Crippen LogP contribution in [0.5, 0.6) is 0 Å². The van der Waals surface area contributed by atoms with Crippen molar-refractivity contribution in [2.75, 3.05) is 6.54 Å². The van der Waals surface area contributed by atoms with Crippen molar-refractivity contribution < 1.29 is 4.79 Å². The third kappa shape index (κ3) is 4.07. The Bertz CT molecular complexity index is 1130. The standard InChI is InChI=1S/C21H24N6OS/c1-14(2)27-20-17(13-24-27)16(12-18(25-20)19-7-6-15(3)29-19)21(28)22-8-4-10-26-11-5-9-23-26/h5-7,9,11-14H,4,8,10H2,1-3H3,(H,22,28). The van der Waals surface area contributed by atoms with Crippen molar-refractivity contribution in [3.63, 3.8) is 0 Å². The fourth-order valence-electron chi connectivity index (χ4n) is 3.25. The molecule has 0 radical (unpaired) electrons. The zero-order valence-corrected chi connectivity index (χ0v) is 17.6. The Labute approximate surface area is 173 Å². The Morgan fingerprint density at radius 3 is 2.83 bits per heavy atom. The van der Waals surface area contributed by atoms with E-state index in [0.29, 0.717) is 12.1 Å². The average molecular weight is 409 g/mol. The van der Waals surface area contributed by atoms with Crippen LogP contribution in [0.2, 0.25) is 0 Å². The van der Waals surface area contributed by atoms with Crippen molar-refractivity contribution >= 4 is 28.3 Å². The molecule has 4 rings (SSSR count). The first-order valence-electron chi connectivity index (χ1n) is 9.73.